The molecule has 0 saturated heterocycles. The van der Waals surface area contributed by atoms with Gasteiger partial charge in [-0.3, -0.25) is 4.79 Å². The Morgan fingerprint density at radius 3 is 2.35 bits per heavy atom. The standard InChI is InChI=1S/C11H10Cl3NO2/c1-6(12)5-15-11(16)7-3-8(13)10(17-2)9(14)4-7/h3-4H,1,5H2,2H3,(H,15,16). The molecule has 0 aromatic heterocycles. The van der Waals surface area contributed by atoms with Crippen molar-refractivity contribution in [3.05, 3.63) is 39.4 Å². The van der Waals surface area contributed by atoms with Gasteiger partial charge in [-0.15, -0.1) is 0 Å². The van der Waals surface area contributed by atoms with Crippen molar-refractivity contribution < 1.29 is 9.53 Å². The number of rotatable bonds is 4. The molecule has 0 heterocycles. The summed E-state index contributed by atoms with van der Waals surface area (Å²) in [5, 5.41) is 3.44. The number of ether oxygens (including phenoxy) is 1. The zero-order valence-electron chi connectivity index (χ0n) is 9.02. The second-order valence-corrected chi connectivity index (χ2v) is 4.52. The number of halogens is 3. The maximum absolute atomic E-state index is 11.7. The van der Waals surface area contributed by atoms with Crippen molar-refractivity contribution in [3.8, 4) is 5.75 Å². The van der Waals surface area contributed by atoms with Gasteiger partial charge in [0.1, 0.15) is 0 Å². The normalized spacial score (nSPS) is 9.88. The van der Waals surface area contributed by atoms with Crippen LogP contribution >= 0.6 is 34.8 Å². The molecule has 1 rings (SSSR count). The highest BCUT2D eigenvalue weighted by Gasteiger charge is 2.13. The summed E-state index contributed by atoms with van der Waals surface area (Å²) in [6.07, 6.45) is 0. The number of benzene rings is 1. The van der Waals surface area contributed by atoms with Gasteiger partial charge in [-0.05, 0) is 12.1 Å². The molecule has 17 heavy (non-hydrogen) atoms. The molecule has 92 valence electrons. The Kier molecular flexibility index (Phi) is 5.12. The average molecular weight is 295 g/mol. The van der Waals surface area contributed by atoms with Crippen LogP contribution in [0.5, 0.6) is 5.75 Å². The van der Waals surface area contributed by atoms with E-state index in [4.69, 9.17) is 39.5 Å². The molecule has 0 spiro atoms. The van der Waals surface area contributed by atoms with Gasteiger partial charge >= 0.3 is 0 Å². The summed E-state index contributed by atoms with van der Waals surface area (Å²) in [7, 11) is 1.45. The van der Waals surface area contributed by atoms with Crippen LogP contribution in [0.15, 0.2) is 23.7 Å². The Morgan fingerprint density at radius 1 is 1.41 bits per heavy atom. The van der Waals surface area contributed by atoms with E-state index in [0.29, 0.717) is 16.3 Å². The summed E-state index contributed by atoms with van der Waals surface area (Å²) in [6, 6.07) is 2.94. The monoisotopic (exact) mass is 293 g/mol. The lowest BCUT2D eigenvalue weighted by Crippen LogP contribution is -2.24. The number of amides is 1. The predicted molar refractivity (Wildman–Crippen MR) is 70.3 cm³/mol. The maximum Gasteiger partial charge on any atom is 0.251 e. The highest BCUT2D eigenvalue weighted by molar-refractivity contribution is 6.37. The van der Waals surface area contributed by atoms with Gasteiger partial charge in [0.25, 0.3) is 5.91 Å². The van der Waals surface area contributed by atoms with Crippen molar-refractivity contribution in [1.29, 1.82) is 0 Å². The van der Waals surface area contributed by atoms with Crippen LogP contribution in [-0.2, 0) is 0 Å². The molecule has 1 N–H and O–H groups in total. The molecule has 0 aliphatic heterocycles. The van der Waals surface area contributed by atoms with E-state index in [-0.39, 0.29) is 22.5 Å². The van der Waals surface area contributed by atoms with E-state index in [9.17, 15) is 4.79 Å². The number of carbonyl (C=O) groups excluding carboxylic acids is 1. The van der Waals surface area contributed by atoms with Crippen LogP contribution in [0.3, 0.4) is 0 Å². The summed E-state index contributed by atoms with van der Waals surface area (Å²) in [6.45, 7) is 3.64. The van der Waals surface area contributed by atoms with Crippen molar-refractivity contribution in [2.75, 3.05) is 13.7 Å². The van der Waals surface area contributed by atoms with E-state index in [0.717, 1.165) is 0 Å². The highest BCUT2D eigenvalue weighted by atomic mass is 35.5. The Bertz CT molecular complexity index is 437. The minimum Gasteiger partial charge on any atom is -0.494 e. The molecule has 0 bridgehead atoms. The molecule has 0 saturated carbocycles. The minimum atomic E-state index is -0.335. The lowest BCUT2D eigenvalue weighted by atomic mass is 10.2. The second kappa shape index (κ2) is 6.15. The average Bonchev–Trinajstić information content (AvgIpc) is 2.25. The number of hydrogen-bond donors (Lipinski definition) is 1. The number of methoxy groups -OCH3 is 1. The van der Waals surface area contributed by atoms with Crippen molar-refractivity contribution >= 4 is 40.7 Å². The van der Waals surface area contributed by atoms with Gasteiger partial charge in [0, 0.05) is 10.6 Å². The Labute approximate surface area is 114 Å². The van der Waals surface area contributed by atoms with Gasteiger partial charge in [-0.1, -0.05) is 41.4 Å². The zero-order valence-corrected chi connectivity index (χ0v) is 11.3. The van der Waals surface area contributed by atoms with Crippen molar-refractivity contribution in [2.24, 2.45) is 0 Å². The first-order valence-corrected chi connectivity index (χ1v) is 5.73. The van der Waals surface area contributed by atoms with E-state index < -0.39 is 0 Å². The van der Waals surface area contributed by atoms with E-state index >= 15 is 0 Å². The van der Waals surface area contributed by atoms with Crippen LogP contribution in [0.2, 0.25) is 10.0 Å². The van der Waals surface area contributed by atoms with E-state index in [1.165, 1.54) is 19.2 Å². The summed E-state index contributed by atoms with van der Waals surface area (Å²) in [4.78, 5) is 11.7. The van der Waals surface area contributed by atoms with Crippen molar-refractivity contribution in [2.45, 2.75) is 0 Å². The lowest BCUT2D eigenvalue weighted by Gasteiger charge is -2.09. The number of nitrogens with one attached hydrogen (secondary N) is 1. The maximum atomic E-state index is 11.7. The Morgan fingerprint density at radius 2 is 1.94 bits per heavy atom. The van der Waals surface area contributed by atoms with Crippen LogP contribution in [0.25, 0.3) is 0 Å². The SMILES string of the molecule is C=C(Cl)CNC(=O)c1cc(Cl)c(OC)c(Cl)c1. The zero-order chi connectivity index (χ0) is 13.0. The van der Waals surface area contributed by atoms with Crippen LogP contribution in [-0.4, -0.2) is 19.6 Å². The molecular formula is C11H10Cl3NO2. The lowest BCUT2D eigenvalue weighted by molar-refractivity contribution is 0.0957. The van der Waals surface area contributed by atoms with Crippen molar-refractivity contribution in [3.63, 3.8) is 0 Å². The molecule has 0 radical (unpaired) electrons. The van der Waals surface area contributed by atoms with Gasteiger partial charge in [-0.2, -0.15) is 0 Å². The van der Waals surface area contributed by atoms with Gasteiger partial charge < -0.3 is 10.1 Å². The Hall–Kier alpha value is -0.900. The van der Waals surface area contributed by atoms with Gasteiger partial charge in [0.05, 0.1) is 23.7 Å². The quantitative estimate of drug-likeness (QED) is 0.923. The molecule has 1 amide bonds. The first-order chi connectivity index (χ1) is 7.95. The third-order valence-electron chi connectivity index (χ3n) is 1.91. The second-order valence-electron chi connectivity index (χ2n) is 3.17. The molecule has 1 aromatic rings. The third kappa shape index (κ3) is 3.80. The molecule has 0 unspecified atom stereocenters. The molecule has 0 fully saturated rings. The summed E-state index contributed by atoms with van der Waals surface area (Å²) in [5.41, 5.74) is 0.332. The molecule has 1 aromatic carbocycles. The molecular weight excluding hydrogens is 284 g/mol. The van der Waals surface area contributed by atoms with Gasteiger partial charge in [0.2, 0.25) is 0 Å². The van der Waals surface area contributed by atoms with Crippen LogP contribution < -0.4 is 10.1 Å². The van der Waals surface area contributed by atoms with E-state index in [1.807, 2.05) is 0 Å². The third-order valence-corrected chi connectivity index (χ3v) is 2.60. The molecule has 3 nitrogen and oxygen atoms in total. The number of carbonyl (C=O) groups is 1. The first kappa shape index (κ1) is 14.2. The molecule has 6 heteroatoms. The van der Waals surface area contributed by atoms with Gasteiger partial charge in [0.15, 0.2) is 5.75 Å². The smallest absolute Gasteiger partial charge is 0.251 e. The van der Waals surface area contributed by atoms with E-state index in [1.54, 1.807) is 0 Å². The molecule has 0 aliphatic carbocycles. The fourth-order valence-electron chi connectivity index (χ4n) is 1.16. The van der Waals surface area contributed by atoms with Crippen LogP contribution in [0.4, 0.5) is 0 Å². The summed E-state index contributed by atoms with van der Waals surface area (Å²) < 4.78 is 4.98. The largest absolute Gasteiger partial charge is 0.494 e. The van der Waals surface area contributed by atoms with Crippen molar-refractivity contribution in [1.82, 2.24) is 5.32 Å². The number of hydrogen-bond acceptors (Lipinski definition) is 2. The van der Waals surface area contributed by atoms with Crippen LogP contribution in [0, 0.1) is 0 Å². The fourth-order valence-corrected chi connectivity index (χ4v) is 1.87. The minimum absolute atomic E-state index is 0.182. The van der Waals surface area contributed by atoms with Gasteiger partial charge in [-0.25, -0.2) is 0 Å². The summed E-state index contributed by atoms with van der Waals surface area (Å²) in [5.74, 6) is 0.00453. The molecule has 0 atom stereocenters. The van der Waals surface area contributed by atoms with Crippen LogP contribution in [0.1, 0.15) is 10.4 Å². The summed E-state index contributed by atoms with van der Waals surface area (Å²) >= 11 is 17.4. The highest BCUT2D eigenvalue weighted by Crippen LogP contribution is 2.33. The first-order valence-electron chi connectivity index (χ1n) is 4.60. The fraction of sp³-hybridized carbons (Fsp3) is 0.182. The predicted octanol–water partition coefficient (Wildman–Crippen LogP) is 3.48. The molecule has 0 aliphatic rings. The Balaban J connectivity index is 2.92. The topological polar surface area (TPSA) is 38.3 Å². The van der Waals surface area contributed by atoms with E-state index in [2.05, 4.69) is 11.9 Å².